The van der Waals surface area contributed by atoms with Gasteiger partial charge in [0.05, 0.1) is 13.2 Å². The number of unbranched alkanes of at least 4 members (excludes halogenated alkanes) is 4. The number of benzene rings is 4. The molecule has 0 aliphatic carbocycles. The van der Waals surface area contributed by atoms with Gasteiger partial charge >= 0.3 is 5.97 Å². The minimum Gasteiger partial charge on any atom is -0.488 e. The average Bonchev–Trinajstić information content (AvgIpc) is 3.10. The van der Waals surface area contributed by atoms with Crippen molar-refractivity contribution in [1.29, 1.82) is 0 Å². The number of rotatable bonds is 21. The Kier molecular flexibility index (Phi) is 15.3. The summed E-state index contributed by atoms with van der Waals surface area (Å²) in [4.78, 5) is 14.9. The fourth-order valence-electron chi connectivity index (χ4n) is 5.49. The van der Waals surface area contributed by atoms with E-state index in [9.17, 15) is 9.90 Å². The lowest BCUT2D eigenvalue weighted by molar-refractivity contribution is 0.0594. The standard InChI is InChI=1S/C40H49NO5/c1-44-40(43)37-29-36(24-25-39(37)46-32-35-22-11-6-12-23-35)38(42)31-41(30-34-20-9-5-10-21-34)26-14-2-3-15-27-45-28-16-13-19-33-17-7-4-8-18-33/h4-12,17-18,20-25,29,38,42H,2-3,13-16,19,26-28,30-32H2,1H3/t38-/m0/s1. The highest BCUT2D eigenvalue weighted by Crippen LogP contribution is 2.26. The van der Waals surface area contributed by atoms with E-state index in [-0.39, 0.29) is 0 Å². The lowest BCUT2D eigenvalue weighted by atomic mass is 10.0. The van der Waals surface area contributed by atoms with E-state index in [1.54, 1.807) is 12.1 Å². The molecule has 0 saturated heterocycles. The number of aryl methyl sites for hydroxylation is 1. The fraction of sp³-hybridized carbons (Fsp3) is 0.375. The van der Waals surface area contributed by atoms with Crippen molar-refractivity contribution in [3.63, 3.8) is 0 Å². The van der Waals surface area contributed by atoms with Gasteiger partial charge in [0.15, 0.2) is 0 Å². The second-order valence-electron chi connectivity index (χ2n) is 11.7. The molecular weight excluding hydrogens is 574 g/mol. The van der Waals surface area contributed by atoms with E-state index in [2.05, 4.69) is 47.4 Å². The lowest BCUT2D eigenvalue weighted by Gasteiger charge is -2.26. The summed E-state index contributed by atoms with van der Waals surface area (Å²) in [5.74, 6) is -0.0571. The van der Waals surface area contributed by atoms with E-state index in [4.69, 9.17) is 14.2 Å². The maximum absolute atomic E-state index is 12.6. The Morgan fingerprint density at radius 3 is 2.00 bits per heavy atom. The molecule has 244 valence electrons. The van der Waals surface area contributed by atoms with E-state index in [1.165, 1.54) is 18.2 Å². The number of nitrogens with zero attached hydrogens (tertiary/aromatic N) is 1. The quantitative estimate of drug-likeness (QED) is 0.0746. The van der Waals surface area contributed by atoms with Crippen LogP contribution in [0.25, 0.3) is 0 Å². The summed E-state index contributed by atoms with van der Waals surface area (Å²) in [6.45, 7) is 4.03. The van der Waals surface area contributed by atoms with Crippen molar-refractivity contribution >= 4 is 5.97 Å². The Bertz CT molecular complexity index is 1400. The van der Waals surface area contributed by atoms with Crippen LogP contribution < -0.4 is 4.74 Å². The highest BCUT2D eigenvalue weighted by molar-refractivity contribution is 5.92. The summed E-state index contributed by atoms with van der Waals surface area (Å²) in [5, 5.41) is 11.3. The lowest BCUT2D eigenvalue weighted by Crippen LogP contribution is -2.29. The van der Waals surface area contributed by atoms with Crippen molar-refractivity contribution in [2.75, 3.05) is 33.4 Å². The van der Waals surface area contributed by atoms with E-state index in [0.29, 0.717) is 30.0 Å². The first kappa shape index (κ1) is 34.9. The molecule has 0 spiro atoms. The third-order valence-corrected chi connectivity index (χ3v) is 8.07. The smallest absolute Gasteiger partial charge is 0.341 e. The summed E-state index contributed by atoms with van der Waals surface area (Å²) < 4.78 is 16.9. The first-order chi connectivity index (χ1) is 22.6. The highest BCUT2D eigenvalue weighted by Gasteiger charge is 2.20. The summed E-state index contributed by atoms with van der Waals surface area (Å²) in [6, 6.07) is 36.0. The number of aliphatic hydroxyl groups is 1. The largest absolute Gasteiger partial charge is 0.488 e. The molecule has 0 saturated carbocycles. The molecule has 4 aromatic rings. The zero-order valence-corrected chi connectivity index (χ0v) is 27.2. The molecule has 0 aliphatic rings. The van der Waals surface area contributed by atoms with Crippen LogP contribution in [0, 0.1) is 0 Å². The van der Waals surface area contributed by atoms with Crippen LogP contribution in [0.2, 0.25) is 0 Å². The van der Waals surface area contributed by atoms with Gasteiger partial charge in [-0.2, -0.15) is 0 Å². The van der Waals surface area contributed by atoms with Gasteiger partial charge in [0.25, 0.3) is 0 Å². The fourth-order valence-corrected chi connectivity index (χ4v) is 5.49. The molecule has 0 bridgehead atoms. The maximum atomic E-state index is 12.6. The number of esters is 1. The van der Waals surface area contributed by atoms with E-state index in [0.717, 1.165) is 76.8 Å². The van der Waals surface area contributed by atoms with Crippen LogP contribution in [0.5, 0.6) is 5.75 Å². The monoisotopic (exact) mass is 623 g/mol. The first-order valence-corrected chi connectivity index (χ1v) is 16.6. The molecule has 4 rings (SSSR count). The Balaban J connectivity index is 1.23. The highest BCUT2D eigenvalue weighted by atomic mass is 16.5. The summed E-state index contributed by atoms with van der Waals surface area (Å²) in [7, 11) is 1.35. The molecule has 0 unspecified atom stereocenters. The van der Waals surface area contributed by atoms with Gasteiger partial charge in [-0.15, -0.1) is 0 Å². The predicted molar refractivity (Wildman–Crippen MR) is 184 cm³/mol. The molecule has 0 aromatic heterocycles. The Morgan fingerprint density at radius 2 is 1.33 bits per heavy atom. The number of carbonyl (C=O) groups excluding carboxylic acids is 1. The molecule has 0 radical (unpaired) electrons. The zero-order valence-electron chi connectivity index (χ0n) is 27.2. The van der Waals surface area contributed by atoms with Gasteiger partial charge in [0, 0.05) is 26.3 Å². The maximum Gasteiger partial charge on any atom is 0.341 e. The van der Waals surface area contributed by atoms with E-state index in [1.807, 2.05) is 54.6 Å². The van der Waals surface area contributed by atoms with Crippen molar-refractivity contribution in [2.24, 2.45) is 0 Å². The molecule has 6 heteroatoms. The molecular formula is C40H49NO5. The topological polar surface area (TPSA) is 68.2 Å². The van der Waals surface area contributed by atoms with Gasteiger partial charge in [-0.3, -0.25) is 4.90 Å². The summed E-state index contributed by atoms with van der Waals surface area (Å²) >= 11 is 0. The molecule has 0 fully saturated rings. The van der Waals surface area contributed by atoms with Gasteiger partial charge in [0.1, 0.15) is 17.9 Å². The molecule has 6 nitrogen and oxygen atoms in total. The SMILES string of the molecule is COC(=O)c1cc([C@@H](O)CN(CCCCCCOCCCCc2ccccc2)Cc2ccccc2)ccc1OCc1ccccc1. The van der Waals surface area contributed by atoms with Crippen molar-refractivity contribution < 1.29 is 24.1 Å². The number of hydrogen-bond donors (Lipinski definition) is 1. The average molecular weight is 624 g/mol. The van der Waals surface area contributed by atoms with Crippen molar-refractivity contribution in [2.45, 2.75) is 64.2 Å². The van der Waals surface area contributed by atoms with Crippen LogP contribution in [0.1, 0.15) is 77.2 Å². The molecule has 0 heterocycles. The Labute approximate surface area is 274 Å². The molecule has 1 N–H and O–H groups in total. The van der Waals surface area contributed by atoms with Crippen LogP contribution in [-0.2, 0) is 29.0 Å². The van der Waals surface area contributed by atoms with Gasteiger partial charge < -0.3 is 19.3 Å². The second kappa shape index (κ2) is 20.2. The van der Waals surface area contributed by atoms with Crippen molar-refractivity contribution in [1.82, 2.24) is 4.90 Å². The summed E-state index contributed by atoms with van der Waals surface area (Å²) in [5.41, 5.74) is 4.56. The van der Waals surface area contributed by atoms with Gasteiger partial charge in [0.2, 0.25) is 0 Å². The number of hydrogen-bond acceptors (Lipinski definition) is 6. The third kappa shape index (κ3) is 12.4. The van der Waals surface area contributed by atoms with Gasteiger partial charge in [-0.25, -0.2) is 4.79 Å². The number of methoxy groups -OCH3 is 1. The summed E-state index contributed by atoms with van der Waals surface area (Å²) in [6.07, 6.45) is 6.92. The predicted octanol–water partition coefficient (Wildman–Crippen LogP) is 8.19. The molecule has 0 aliphatic heterocycles. The molecule has 0 amide bonds. The van der Waals surface area contributed by atoms with Crippen LogP contribution >= 0.6 is 0 Å². The molecule has 4 aromatic carbocycles. The normalized spacial score (nSPS) is 11.8. The van der Waals surface area contributed by atoms with Crippen LogP contribution in [0.3, 0.4) is 0 Å². The Morgan fingerprint density at radius 1 is 0.717 bits per heavy atom. The van der Waals surface area contributed by atoms with E-state index >= 15 is 0 Å². The van der Waals surface area contributed by atoms with Crippen LogP contribution in [0.15, 0.2) is 109 Å². The zero-order chi connectivity index (χ0) is 32.2. The second-order valence-corrected chi connectivity index (χ2v) is 11.7. The van der Waals surface area contributed by atoms with E-state index < -0.39 is 12.1 Å². The van der Waals surface area contributed by atoms with Crippen molar-refractivity contribution in [3.8, 4) is 5.75 Å². The minimum absolute atomic E-state index is 0.308. The Hall–Kier alpha value is -3.97. The third-order valence-electron chi connectivity index (χ3n) is 8.07. The molecule has 1 atom stereocenters. The first-order valence-electron chi connectivity index (χ1n) is 16.6. The van der Waals surface area contributed by atoms with Gasteiger partial charge in [-0.1, -0.05) is 110 Å². The van der Waals surface area contributed by atoms with Crippen molar-refractivity contribution in [3.05, 3.63) is 137 Å². The van der Waals surface area contributed by atoms with Crippen LogP contribution in [0.4, 0.5) is 0 Å². The number of aliphatic hydroxyl groups excluding tert-OH is 1. The molecule has 46 heavy (non-hydrogen) atoms. The van der Waals surface area contributed by atoms with Gasteiger partial charge in [-0.05, 0) is 73.0 Å². The number of ether oxygens (including phenoxy) is 3. The number of carbonyl (C=O) groups is 1. The van der Waals surface area contributed by atoms with Crippen LogP contribution in [-0.4, -0.2) is 49.4 Å². The minimum atomic E-state index is -0.773.